The van der Waals surface area contributed by atoms with Gasteiger partial charge in [0.25, 0.3) is 0 Å². The highest BCUT2D eigenvalue weighted by Gasteiger charge is 2.43. The van der Waals surface area contributed by atoms with Gasteiger partial charge in [-0.25, -0.2) is 0 Å². The van der Waals surface area contributed by atoms with Crippen molar-refractivity contribution in [1.29, 1.82) is 0 Å². The molecule has 0 aromatic rings. The van der Waals surface area contributed by atoms with Gasteiger partial charge in [-0.2, -0.15) is 0 Å². The number of hydrogen-bond donors (Lipinski definition) is 0. The topological polar surface area (TPSA) is 55.4 Å². The lowest BCUT2D eigenvalue weighted by Gasteiger charge is -2.40. The predicted molar refractivity (Wildman–Crippen MR) is 173 cm³/mol. The minimum absolute atomic E-state index is 0.536. The number of ether oxygens (including phenoxy) is 2. The van der Waals surface area contributed by atoms with Crippen molar-refractivity contribution in [3.05, 3.63) is 36.8 Å². The molecule has 0 fully saturated rings. The molecule has 6 nitrogen and oxygen atoms in total. The SMILES string of the molecule is C=C[Si](C)(C)O[Si](C)(C)COC[Si](C)(COC[Si](C)(C)O[Si](C)(C)C=C)O[Si](C)(C)O[Si](C)(C)C=C. The molecule has 0 unspecified atom stereocenters. The van der Waals surface area contributed by atoms with Crippen molar-refractivity contribution < 1.29 is 25.9 Å². The Balaban J connectivity index is 5.50. The lowest BCUT2D eigenvalue weighted by atomic mass is 11.3. The Labute approximate surface area is 230 Å². The van der Waals surface area contributed by atoms with E-state index in [1.54, 1.807) is 0 Å². The van der Waals surface area contributed by atoms with Crippen molar-refractivity contribution >= 4 is 58.5 Å². The Bertz CT molecular complexity index is 698. The van der Waals surface area contributed by atoms with Crippen LogP contribution in [0.2, 0.25) is 85.1 Å². The van der Waals surface area contributed by atoms with Crippen LogP contribution in [0.1, 0.15) is 0 Å². The van der Waals surface area contributed by atoms with E-state index in [9.17, 15) is 0 Å². The van der Waals surface area contributed by atoms with Crippen molar-refractivity contribution in [2.75, 3.05) is 24.9 Å². The van der Waals surface area contributed by atoms with Crippen molar-refractivity contribution in [3.63, 3.8) is 0 Å². The minimum Gasteiger partial charge on any atom is -0.451 e. The Kier molecular flexibility index (Phi) is 13.9. The maximum absolute atomic E-state index is 6.86. The Hall–Kier alpha value is 0.498. The van der Waals surface area contributed by atoms with Crippen LogP contribution in [0.5, 0.6) is 0 Å². The second-order valence-electron chi connectivity index (χ2n) is 13.2. The van der Waals surface area contributed by atoms with Crippen LogP contribution in [-0.2, 0) is 25.9 Å². The monoisotopic (exact) mass is 624 g/mol. The Morgan fingerprint density at radius 3 is 1.06 bits per heavy atom. The average molecular weight is 625 g/mol. The van der Waals surface area contributed by atoms with Crippen LogP contribution in [0.3, 0.4) is 0 Å². The molecule has 0 rings (SSSR count). The van der Waals surface area contributed by atoms with Gasteiger partial charge in [-0.3, -0.25) is 0 Å². The van der Waals surface area contributed by atoms with E-state index in [2.05, 4.69) is 105 Å². The molecule has 0 atom stereocenters. The molecule has 0 saturated heterocycles. The van der Waals surface area contributed by atoms with Gasteiger partial charge in [0.05, 0.1) is 24.9 Å². The molecule has 0 aliphatic rings. The third-order valence-corrected chi connectivity index (χ3v) is 28.3. The van der Waals surface area contributed by atoms with Crippen molar-refractivity contribution in [2.45, 2.75) is 85.1 Å². The fourth-order valence-corrected chi connectivity index (χ4v) is 30.4. The summed E-state index contributed by atoms with van der Waals surface area (Å²) in [7, 11) is -14.6. The third-order valence-electron chi connectivity index (χ3n) is 5.27. The van der Waals surface area contributed by atoms with Crippen LogP contribution in [0.25, 0.3) is 0 Å². The summed E-state index contributed by atoms with van der Waals surface area (Å²) in [6, 6.07) is 0. The summed E-state index contributed by atoms with van der Waals surface area (Å²) in [4.78, 5) is 0. The van der Waals surface area contributed by atoms with Gasteiger partial charge in [-0.05, 0) is 85.1 Å². The molecular formula is C23H56O6Si7. The summed E-state index contributed by atoms with van der Waals surface area (Å²) < 4.78 is 39.1. The number of rotatable bonds is 19. The third kappa shape index (κ3) is 15.8. The predicted octanol–water partition coefficient (Wildman–Crippen LogP) is 6.72. The van der Waals surface area contributed by atoms with Gasteiger partial charge in [-0.1, -0.05) is 17.1 Å². The van der Waals surface area contributed by atoms with E-state index in [0.29, 0.717) is 24.9 Å². The van der Waals surface area contributed by atoms with Gasteiger partial charge in [0.15, 0.2) is 41.6 Å². The molecular weight excluding hydrogens is 569 g/mol. The van der Waals surface area contributed by atoms with E-state index in [1.807, 2.05) is 17.1 Å². The van der Waals surface area contributed by atoms with Crippen LogP contribution in [0.4, 0.5) is 0 Å². The first kappa shape index (κ1) is 36.5. The second kappa shape index (κ2) is 13.7. The smallest absolute Gasteiger partial charge is 0.311 e. The molecule has 0 saturated carbocycles. The zero-order valence-electron chi connectivity index (χ0n) is 25.6. The lowest BCUT2D eigenvalue weighted by Crippen LogP contribution is -2.58. The normalized spacial score (nSPS) is 14.6. The van der Waals surface area contributed by atoms with Gasteiger partial charge in [0, 0.05) is 0 Å². The molecule has 0 heterocycles. The summed E-state index contributed by atoms with van der Waals surface area (Å²) >= 11 is 0. The zero-order valence-corrected chi connectivity index (χ0v) is 32.6. The van der Waals surface area contributed by atoms with Crippen LogP contribution < -0.4 is 0 Å². The highest BCUT2D eigenvalue weighted by molar-refractivity contribution is 6.90. The molecule has 36 heavy (non-hydrogen) atoms. The van der Waals surface area contributed by atoms with Gasteiger partial charge in [-0.15, -0.1) is 19.7 Å². The number of hydrogen-bond acceptors (Lipinski definition) is 6. The first-order valence-electron chi connectivity index (χ1n) is 12.8. The zero-order chi connectivity index (χ0) is 28.7. The molecule has 0 aromatic heterocycles. The molecule has 0 amide bonds. The van der Waals surface area contributed by atoms with E-state index >= 15 is 0 Å². The van der Waals surface area contributed by atoms with Crippen LogP contribution >= 0.6 is 0 Å². The second-order valence-corrected chi connectivity index (χ2v) is 41.2. The maximum atomic E-state index is 6.86. The Morgan fingerprint density at radius 1 is 0.444 bits per heavy atom. The van der Waals surface area contributed by atoms with E-state index in [-0.39, 0.29) is 0 Å². The largest absolute Gasteiger partial charge is 0.451 e. The standard InChI is InChI=1S/C23H56O6Si7/c1-17-30(4,5)26-33(10,11)20-24-22-36(16,29-35(14,15)28-32(8,9)19-3)23-25-21-34(12,13)27-31(6,7)18-2/h17-19H,1-3,20-23H2,4-16H3. The minimum atomic E-state index is -2.44. The first-order valence-corrected chi connectivity index (χ1v) is 33.6. The molecule has 0 bridgehead atoms. The first-order chi connectivity index (χ1) is 15.9. The average Bonchev–Trinajstić information content (AvgIpc) is 2.64. The van der Waals surface area contributed by atoms with Crippen LogP contribution in [-0.4, -0.2) is 83.4 Å². The molecule has 0 aromatic carbocycles. The van der Waals surface area contributed by atoms with E-state index in [0.717, 1.165) is 0 Å². The fraction of sp³-hybridized carbons (Fsp3) is 0.739. The summed E-state index contributed by atoms with van der Waals surface area (Å²) in [5, 5.41) is 0. The molecule has 13 heteroatoms. The highest BCUT2D eigenvalue weighted by Crippen LogP contribution is 2.23. The van der Waals surface area contributed by atoms with E-state index in [1.165, 1.54) is 0 Å². The molecule has 0 aliphatic carbocycles. The lowest BCUT2D eigenvalue weighted by molar-refractivity contribution is 0.160. The van der Waals surface area contributed by atoms with Gasteiger partial charge in [0.2, 0.25) is 8.32 Å². The van der Waals surface area contributed by atoms with Crippen molar-refractivity contribution in [1.82, 2.24) is 0 Å². The Morgan fingerprint density at radius 2 is 0.750 bits per heavy atom. The molecule has 0 N–H and O–H groups in total. The van der Waals surface area contributed by atoms with Gasteiger partial charge < -0.3 is 25.9 Å². The molecule has 0 radical (unpaired) electrons. The van der Waals surface area contributed by atoms with Crippen molar-refractivity contribution in [3.8, 4) is 0 Å². The summed E-state index contributed by atoms with van der Waals surface area (Å²) in [5.74, 6) is 0. The van der Waals surface area contributed by atoms with E-state index < -0.39 is 58.5 Å². The molecule has 0 aliphatic heterocycles. The summed E-state index contributed by atoms with van der Waals surface area (Å²) in [6.45, 7) is 40.2. The van der Waals surface area contributed by atoms with Gasteiger partial charge in [0.1, 0.15) is 0 Å². The van der Waals surface area contributed by atoms with Gasteiger partial charge >= 0.3 is 8.56 Å². The quantitative estimate of drug-likeness (QED) is 0.149. The highest BCUT2D eigenvalue weighted by atomic mass is 28.5. The maximum Gasteiger partial charge on any atom is 0.311 e. The van der Waals surface area contributed by atoms with Crippen molar-refractivity contribution in [2.24, 2.45) is 0 Å². The summed E-state index contributed by atoms with van der Waals surface area (Å²) in [6.07, 6.45) is 2.30. The summed E-state index contributed by atoms with van der Waals surface area (Å²) in [5.41, 5.74) is 5.93. The molecule has 0 spiro atoms. The van der Waals surface area contributed by atoms with Crippen LogP contribution in [0.15, 0.2) is 36.8 Å². The van der Waals surface area contributed by atoms with Crippen LogP contribution in [0, 0.1) is 0 Å². The fourth-order valence-electron chi connectivity index (χ4n) is 3.98. The molecule has 212 valence electrons. The van der Waals surface area contributed by atoms with E-state index in [4.69, 9.17) is 25.9 Å².